The van der Waals surface area contributed by atoms with Gasteiger partial charge in [-0.25, -0.2) is 4.68 Å². The molecule has 1 aliphatic carbocycles. The molecule has 1 saturated carbocycles. The van der Waals surface area contributed by atoms with Crippen molar-refractivity contribution in [1.82, 2.24) is 25.1 Å². The monoisotopic (exact) mass is 387 g/mol. The van der Waals surface area contributed by atoms with Crippen LogP contribution in [0.2, 0.25) is 0 Å². The molecule has 1 N–H and O–H groups in total. The van der Waals surface area contributed by atoms with Crippen LogP contribution in [0.4, 0.5) is 11.4 Å². The van der Waals surface area contributed by atoms with Crippen molar-refractivity contribution in [3.8, 4) is 0 Å². The molecule has 0 unspecified atom stereocenters. The minimum atomic E-state index is -0.0370. The Labute approximate surface area is 163 Å². The van der Waals surface area contributed by atoms with Gasteiger partial charge < -0.3 is 15.1 Å². The second kappa shape index (κ2) is 8.26. The molecular weight excluding hydrogens is 362 g/mol. The average Bonchev–Trinajstić information content (AvgIpc) is 3.44. The van der Waals surface area contributed by atoms with Gasteiger partial charge in [-0.3, -0.25) is 4.79 Å². The van der Waals surface area contributed by atoms with E-state index in [4.69, 9.17) is 0 Å². The fourth-order valence-electron chi connectivity index (χ4n) is 3.31. The number of para-hydroxylation sites is 2. The maximum Gasteiger partial charge on any atom is 0.234 e. The number of carbonyl (C=O) groups excluding carboxylic acids is 1. The molecule has 1 amide bonds. The number of tetrazole rings is 1. The van der Waals surface area contributed by atoms with Gasteiger partial charge in [0.2, 0.25) is 11.1 Å². The number of amides is 1. The van der Waals surface area contributed by atoms with E-state index in [1.165, 1.54) is 11.8 Å². The second-order valence-corrected chi connectivity index (χ2v) is 7.86. The first-order valence-electron chi connectivity index (χ1n) is 9.51. The number of nitrogens with zero attached hydrogens (tertiary/aromatic N) is 6. The van der Waals surface area contributed by atoms with Gasteiger partial charge in [0.25, 0.3) is 0 Å². The Morgan fingerprint density at radius 2 is 2.00 bits per heavy atom. The van der Waals surface area contributed by atoms with Gasteiger partial charge in [0, 0.05) is 26.2 Å². The standard InChI is InChI=1S/C18H25N7OS/c1-2-23-9-11-24(12-10-23)16-6-4-3-5-15(16)19-17(26)13-27-18-20-21-22-25(18)14-7-8-14/h3-6,14H,2,7-13H2,1H3,(H,19,26). The lowest BCUT2D eigenvalue weighted by molar-refractivity contribution is -0.113. The number of carbonyl (C=O) groups is 1. The molecule has 2 aliphatic rings. The van der Waals surface area contributed by atoms with E-state index in [0.29, 0.717) is 11.8 Å². The van der Waals surface area contributed by atoms with Crippen LogP contribution in [-0.4, -0.2) is 69.5 Å². The minimum Gasteiger partial charge on any atom is -0.367 e. The van der Waals surface area contributed by atoms with Crippen molar-refractivity contribution in [3.63, 3.8) is 0 Å². The van der Waals surface area contributed by atoms with Gasteiger partial charge in [-0.2, -0.15) is 0 Å². The van der Waals surface area contributed by atoms with Crippen LogP contribution in [0, 0.1) is 0 Å². The first kappa shape index (κ1) is 18.2. The van der Waals surface area contributed by atoms with E-state index in [9.17, 15) is 4.79 Å². The number of aromatic nitrogens is 4. The maximum atomic E-state index is 12.5. The molecule has 1 aromatic carbocycles. The van der Waals surface area contributed by atoms with Crippen LogP contribution in [0.25, 0.3) is 0 Å². The molecule has 27 heavy (non-hydrogen) atoms. The number of hydrogen-bond donors (Lipinski definition) is 1. The summed E-state index contributed by atoms with van der Waals surface area (Å²) in [4.78, 5) is 17.3. The van der Waals surface area contributed by atoms with Crippen molar-refractivity contribution in [2.24, 2.45) is 0 Å². The molecule has 1 saturated heterocycles. The molecule has 2 aromatic rings. The molecule has 0 radical (unpaired) electrons. The van der Waals surface area contributed by atoms with E-state index in [1.54, 1.807) is 0 Å². The quantitative estimate of drug-likeness (QED) is 0.727. The number of nitrogens with one attached hydrogen (secondary N) is 1. The number of anilines is 2. The maximum absolute atomic E-state index is 12.5. The van der Waals surface area contributed by atoms with Crippen LogP contribution in [-0.2, 0) is 4.79 Å². The number of piperazine rings is 1. The van der Waals surface area contributed by atoms with Crippen LogP contribution >= 0.6 is 11.8 Å². The van der Waals surface area contributed by atoms with E-state index < -0.39 is 0 Å². The zero-order valence-corrected chi connectivity index (χ0v) is 16.4. The Bertz CT molecular complexity index is 784. The second-order valence-electron chi connectivity index (χ2n) is 6.91. The topological polar surface area (TPSA) is 79.2 Å². The molecule has 1 aromatic heterocycles. The minimum absolute atomic E-state index is 0.0370. The Morgan fingerprint density at radius 1 is 1.22 bits per heavy atom. The lowest BCUT2D eigenvalue weighted by Gasteiger charge is -2.36. The zero-order valence-electron chi connectivity index (χ0n) is 15.5. The molecule has 2 heterocycles. The third-order valence-electron chi connectivity index (χ3n) is 5.03. The molecule has 4 rings (SSSR count). The molecule has 144 valence electrons. The van der Waals surface area contributed by atoms with Gasteiger partial charge in [-0.1, -0.05) is 30.8 Å². The first-order chi connectivity index (χ1) is 13.2. The van der Waals surface area contributed by atoms with E-state index in [-0.39, 0.29) is 5.91 Å². The van der Waals surface area contributed by atoms with Crippen molar-refractivity contribution < 1.29 is 4.79 Å². The Morgan fingerprint density at radius 3 is 2.74 bits per heavy atom. The Hall–Kier alpha value is -2.13. The summed E-state index contributed by atoms with van der Waals surface area (Å²) in [6.45, 7) is 7.35. The molecule has 0 atom stereocenters. The van der Waals surface area contributed by atoms with E-state index >= 15 is 0 Å². The largest absolute Gasteiger partial charge is 0.367 e. The number of rotatable bonds is 7. The lowest BCUT2D eigenvalue weighted by Crippen LogP contribution is -2.46. The Kier molecular flexibility index (Phi) is 5.58. The highest BCUT2D eigenvalue weighted by Gasteiger charge is 2.28. The van der Waals surface area contributed by atoms with Crippen LogP contribution in [0.15, 0.2) is 29.4 Å². The van der Waals surface area contributed by atoms with E-state index in [1.807, 2.05) is 22.9 Å². The fourth-order valence-corrected chi connectivity index (χ4v) is 4.05. The summed E-state index contributed by atoms with van der Waals surface area (Å²) < 4.78 is 1.83. The summed E-state index contributed by atoms with van der Waals surface area (Å²) in [5.41, 5.74) is 1.96. The number of benzene rings is 1. The predicted octanol–water partition coefficient (Wildman–Crippen LogP) is 1.88. The Balaban J connectivity index is 1.36. The fraction of sp³-hybridized carbons (Fsp3) is 0.556. The smallest absolute Gasteiger partial charge is 0.234 e. The molecular formula is C18H25N7OS. The van der Waals surface area contributed by atoms with Gasteiger partial charge in [-0.05, 0) is 41.9 Å². The SMILES string of the molecule is CCN1CCN(c2ccccc2NC(=O)CSc2nnnn2C2CC2)CC1. The summed E-state index contributed by atoms with van der Waals surface area (Å²) >= 11 is 1.39. The number of likely N-dealkylation sites (N-methyl/N-ethyl adjacent to an activating group) is 1. The molecule has 8 nitrogen and oxygen atoms in total. The average molecular weight is 388 g/mol. The van der Waals surface area contributed by atoms with Gasteiger partial charge >= 0.3 is 0 Å². The van der Waals surface area contributed by atoms with Crippen LogP contribution in [0.5, 0.6) is 0 Å². The van der Waals surface area contributed by atoms with E-state index in [2.05, 4.69) is 43.6 Å². The van der Waals surface area contributed by atoms with Crippen molar-refractivity contribution in [2.45, 2.75) is 31.0 Å². The third-order valence-corrected chi connectivity index (χ3v) is 5.96. The van der Waals surface area contributed by atoms with Crippen molar-refractivity contribution in [2.75, 3.05) is 48.7 Å². The first-order valence-corrected chi connectivity index (χ1v) is 10.5. The summed E-state index contributed by atoms with van der Waals surface area (Å²) in [6.07, 6.45) is 2.23. The molecule has 0 spiro atoms. The van der Waals surface area contributed by atoms with Crippen molar-refractivity contribution in [3.05, 3.63) is 24.3 Å². The number of hydrogen-bond acceptors (Lipinski definition) is 7. The van der Waals surface area contributed by atoms with Gasteiger partial charge in [0.05, 0.1) is 23.2 Å². The lowest BCUT2D eigenvalue weighted by atomic mass is 10.2. The number of thioether (sulfide) groups is 1. The zero-order chi connectivity index (χ0) is 18.6. The molecule has 9 heteroatoms. The van der Waals surface area contributed by atoms with Gasteiger partial charge in [0.1, 0.15) is 0 Å². The van der Waals surface area contributed by atoms with Crippen molar-refractivity contribution in [1.29, 1.82) is 0 Å². The molecule has 2 fully saturated rings. The van der Waals surface area contributed by atoms with Crippen LogP contribution in [0.1, 0.15) is 25.8 Å². The summed E-state index contributed by atoms with van der Waals surface area (Å²) in [6, 6.07) is 8.45. The van der Waals surface area contributed by atoms with Crippen LogP contribution in [0.3, 0.4) is 0 Å². The molecule has 0 bridgehead atoms. The molecule has 1 aliphatic heterocycles. The summed E-state index contributed by atoms with van der Waals surface area (Å²) in [5, 5.41) is 15.6. The summed E-state index contributed by atoms with van der Waals surface area (Å²) in [5.74, 6) is 0.260. The normalized spacial score (nSPS) is 17.9. The van der Waals surface area contributed by atoms with Gasteiger partial charge in [-0.15, -0.1) is 5.10 Å². The van der Waals surface area contributed by atoms with Gasteiger partial charge in [0.15, 0.2) is 0 Å². The van der Waals surface area contributed by atoms with Crippen LogP contribution < -0.4 is 10.2 Å². The third kappa shape index (κ3) is 4.41. The van der Waals surface area contributed by atoms with E-state index in [0.717, 1.165) is 62.1 Å². The highest BCUT2D eigenvalue weighted by molar-refractivity contribution is 7.99. The predicted molar refractivity (Wildman–Crippen MR) is 106 cm³/mol. The highest BCUT2D eigenvalue weighted by Crippen LogP contribution is 2.36. The van der Waals surface area contributed by atoms with Crippen molar-refractivity contribution >= 4 is 29.0 Å². The highest BCUT2D eigenvalue weighted by atomic mass is 32.2. The summed E-state index contributed by atoms with van der Waals surface area (Å²) in [7, 11) is 0.